The quantitative estimate of drug-likeness (QED) is 0.661. The molecule has 1 fully saturated rings. The Balaban J connectivity index is 1.69. The van der Waals surface area contributed by atoms with Gasteiger partial charge in [0.2, 0.25) is 11.8 Å². The molecule has 1 saturated heterocycles. The monoisotopic (exact) mass is 331 g/mol. The summed E-state index contributed by atoms with van der Waals surface area (Å²) in [6, 6.07) is 6.35. The van der Waals surface area contributed by atoms with Gasteiger partial charge in [-0.05, 0) is 24.0 Å². The Morgan fingerprint density at radius 2 is 2.17 bits per heavy atom. The van der Waals surface area contributed by atoms with Gasteiger partial charge in [-0.15, -0.1) is 0 Å². The number of hydrogen-bond donors (Lipinski definition) is 3. The van der Waals surface area contributed by atoms with Crippen LogP contribution in [-0.2, 0) is 25.7 Å². The number of benzene rings is 1. The SMILES string of the molecule is COC(=O)[C@H](C[C@@H]1CCNC1=O)NC(=O)C1NCc2ccccc21. The molecule has 3 N–H and O–H groups in total. The second-order valence-electron chi connectivity index (χ2n) is 6.11. The molecule has 24 heavy (non-hydrogen) atoms. The van der Waals surface area contributed by atoms with E-state index in [1.54, 1.807) is 0 Å². The third-order valence-corrected chi connectivity index (χ3v) is 4.61. The number of esters is 1. The third-order valence-electron chi connectivity index (χ3n) is 4.61. The molecular weight excluding hydrogens is 310 g/mol. The number of carbonyl (C=O) groups is 3. The highest BCUT2D eigenvalue weighted by molar-refractivity contribution is 5.89. The third kappa shape index (κ3) is 3.26. The van der Waals surface area contributed by atoms with Crippen LogP contribution in [0, 0.1) is 5.92 Å². The van der Waals surface area contributed by atoms with E-state index in [1.807, 2.05) is 24.3 Å². The van der Waals surface area contributed by atoms with Gasteiger partial charge in [0.15, 0.2) is 0 Å². The largest absolute Gasteiger partial charge is 0.467 e. The van der Waals surface area contributed by atoms with Crippen LogP contribution in [0.3, 0.4) is 0 Å². The smallest absolute Gasteiger partial charge is 0.328 e. The predicted octanol–water partition coefficient (Wildman–Crippen LogP) is 0.0149. The summed E-state index contributed by atoms with van der Waals surface area (Å²) >= 11 is 0. The minimum Gasteiger partial charge on any atom is -0.467 e. The van der Waals surface area contributed by atoms with Gasteiger partial charge < -0.3 is 15.4 Å². The highest BCUT2D eigenvalue weighted by Gasteiger charge is 2.35. The fourth-order valence-corrected chi connectivity index (χ4v) is 3.30. The van der Waals surface area contributed by atoms with Crippen LogP contribution in [0.2, 0.25) is 0 Å². The number of fused-ring (bicyclic) bond motifs is 1. The number of ether oxygens (including phenoxy) is 1. The van der Waals surface area contributed by atoms with E-state index >= 15 is 0 Å². The molecule has 3 atom stereocenters. The van der Waals surface area contributed by atoms with Crippen molar-refractivity contribution in [1.82, 2.24) is 16.0 Å². The second kappa shape index (κ2) is 7.00. The Bertz CT molecular complexity index is 661. The molecule has 1 aromatic rings. The van der Waals surface area contributed by atoms with Crippen LogP contribution >= 0.6 is 0 Å². The van der Waals surface area contributed by atoms with Crippen molar-refractivity contribution < 1.29 is 19.1 Å². The number of carbonyl (C=O) groups excluding carboxylic acids is 3. The van der Waals surface area contributed by atoms with Gasteiger partial charge in [0, 0.05) is 19.0 Å². The van der Waals surface area contributed by atoms with Gasteiger partial charge in [-0.2, -0.15) is 0 Å². The van der Waals surface area contributed by atoms with Crippen LogP contribution in [-0.4, -0.2) is 37.5 Å². The van der Waals surface area contributed by atoms with Crippen LogP contribution in [0.5, 0.6) is 0 Å². The van der Waals surface area contributed by atoms with Gasteiger partial charge in [0.05, 0.1) is 7.11 Å². The topological polar surface area (TPSA) is 96.5 Å². The van der Waals surface area contributed by atoms with Crippen molar-refractivity contribution in [2.24, 2.45) is 5.92 Å². The van der Waals surface area contributed by atoms with Gasteiger partial charge in [-0.1, -0.05) is 24.3 Å². The summed E-state index contributed by atoms with van der Waals surface area (Å²) in [6.45, 7) is 1.21. The first-order chi connectivity index (χ1) is 11.6. The van der Waals surface area contributed by atoms with Gasteiger partial charge in [0.25, 0.3) is 0 Å². The predicted molar refractivity (Wildman–Crippen MR) is 85.7 cm³/mol. The lowest BCUT2D eigenvalue weighted by molar-refractivity contribution is -0.146. The van der Waals surface area contributed by atoms with Crippen LogP contribution in [0.15, 0.2) is 24.3 Å². The molecule has 0 spiro atoms. The summed E-state index contributed by atoms with van der Waals surface area (Å²) in [6.07, 6.45) is 0.908. The van der Waals surface area contributed by atoms with E-state index in [2.05, 4.69) is 16.0 Å². The van der Waals surface area contributed by atoms with Gasteiger partial charge in [-0.25, -0.2) is 4.79 Å². The molecule has 7 nitrogen and oxygen atoms in total. The van der Waals surface area contributed by atoms with E-state index in [0.29, 0.717) is 19.5 Å². The number of hydrogen-bond acceptors (Lipinski definition) is 5. The number of amides is 2. The van der Waals surface area contributed by atoms with Crippen molar-refractivity contribution in [3.8, 4) is 0 Å². The van der Waals surface area contributed by atoms with Crippen LogP contribution in [0.1, 0.15) is 30.0 Å². The van der Waals surface area contributed by atoms with Crippen molar-refractivity contribution in [3.63, 3.8) is 0 Å². The van der Waals surface area contributed by atoms with Crippen LogP contribution in [0.25, 0.3) is 0 Å². The molecular formula is C17H21N3O4. The van der Waals surface area contributed by atoms with Crippen molar-refractivity contribution in [2.75, 3.05) is 13.7 Å². The van der Waals surface area contributed by atoms with Gasteiger partial charge >= 0.3 is 5.97 Å². The zero-order valence-corrected chi connectivity index (χ0v) is 13.5. The molecule has 2 aliphatic rings. The number of rotatable bonds is 5. The van der Waals surface area contributed by atoms with Crippen molar-refractivity contribution >= 4 is 17.8 Å². The summed E-state index contributed by atoms with van der Waals surface area (Å²) in [5.74, 6) is -1.18. The highest BCUT2D eigenvalue weighted by Crippen LogP contribution is 2.25. The summed E-state index contributed by atoms with van der Waals surface area (Å²) in [4.78, 5) is 36.4. The minimum atomic E-state index is -0.828. The van der Waals surface area contributed by atoms with Crippen LogP contribution < -0.4 is 16.0 Å². The average molecular weight is 331 g/mol. The Morgan fingerprint density at radius 3 is 2.88 bits per heavy atom. The number of methoxy groups -OCH3 is 1. The van der Waals surface area contributed by atoms with Crippen LogP contribution in [0.4, 0.5) is 0 Å². The Hall–Kier alpha value is -2.41. The molecule has 2 aliphatic heterocycles. The molecule has 7 heteroatoms. The lowest BCUT2D eigenvalue weighted by Crippen LogP contribution is -2.46. The lowest BCUT2D eigenvalue weighted by atomic mass is 9.97. The normalized spacial score (nSPS) is 23.3. The maximum absolute atomic E-state index is 12.6. The molecule has 2 amide bonds. The standard InChI is InChI=1S/C17H21N3O4/c1-24-17(23)13(8-10-6-7-18-15(10)21)20-16(22)14-12-5-3-2-4-11(12)9-19-14/h2-5,10,13-14,19H,6-9H2,1H3,(H,18,21)(H,20,22)/t10-,13-,14?/m0/s1. The van der Waals surface area contributed by atoms with Crippen molar-refractivity contribution in [2.45, 2.75) is 31.5 Å². The zero-order valence-electron chi connectivity index (χ0n) is 13.5. The average Bonchev–Trinajstić information content (AvgIpc) is 3.20. The molecule has 2 heterocycles. The van der Waals surface area contributed by atoms with Gasteiger partial charge in [-0.3, -0.25) is 14.9 Å². The van der Waals surface area contributed by atoms with Crippen molar-refractivity contribution in [1.29, 1.82) is 0 Å². The molecule has 0 saturated carbocycles. The second-order valence-corrected chi connectivity index (χ2v) is 6.11. The minimum absolute atomic E-state index is 0.0810. The van der Waals surface area contributed by atoms with E-state index in [0.717, 1.165) is 11.1 Å². The molecule has 0 aromatic heterocycles. The first-order valence-corrected chi connectivity index (χ1v) is 8.07. The summed E-state index contributed by atoms with van der Waals surface area (Å²) in [7, 11) is 1.28. The van der Waals surface area contributed by atoms with Gasteiger partial charge in [0.1, 0.15) is 12.1 Å². The lowest BCUT2D eigenvalue weighted by Gasteiger charge is -2.21. The molecule has 128 valence electrons. The first kappa shape index (κ1) is 16.4. The molecule has 1 aromatic carbocycles. The molecule has 0 bridgehead atoms. The van der Waals surface area contributed by atoms with E-state index < -0.39 is 18.1 Å². The van der Waals surface area contributed by atoms with E-state index in [-0.39, 0.29) is 24.2 Å². The summed E-state index contributed by atoms with van der Waals surface area (Å²) < 4.78 is 4.79. The van der Waals surface area contributed by atoms with E-state index in [1.165, 1.54) is 7.11 Å². The Kier molecular flexibility index (Phi) is 4.80. The molecule has 3 rings (SSSR count). The van der Waals surface area contributed by atoms with E-state index in [9.17, 15) is 14.4 Å². The molecule has 0 aliphatic carbocycles. The maximum atomic E-state index is 12.6. The fraction of sp³-hybridized carbons (Fsp3) is 0.471. The summed E-state index contributed by atoms with van der Waals surface area (Å²) in [5, 5.41) is 8.62. The summed E-state index contributed by atoms with van der Waals surface area (Å²) in [5.41, 5.74) is 1.99. The maximum Gasteiger partial charge on any atom is 0.328 e. The number of nitrogens with one attached hydrogen (secondary N) is 3. The Labute approximate surface area is 140 Å². The fourth-order valence-electron chi connectivity index (χ4n) is 3.30. The highest BCUT2D eigenvalue weighted by atomic mass is 16.5. The van der Waals surface area contributed by atoms with Crippen molar-refractivity contribution in [3.05, 3.63) is 35.4 Å². The molecule has 0 radical (unpaired) electrons. The first-order valence-electron chi connectivity index (χ1n) is 8.07. The Morgan fingerprint density at radius 1 is 1.38 bits per heavy atom. The van der Waals surface area contributed by atoms with E-state index in [4.69, 9.17) is 4.74 Å². The molecule has 1 unspecified atom stereocenters. The zero-order chi connectivity index (χ0) is 17.1.